The van der Waals surface area contributed by atoms with Crippen molar-refractivity contribution in [3.63, 3.8) is 0 Å². The largest absolute Gasteiger partial charge is 0.385 e. The van der Waals surface area contributed by atoms with Gasteiger partial charge in [0.1, 0.15) is 0 Å². The number of carbonyl (C=O) groups excluding carboxylic acids is 3. The van der Waals surface area contributed by atoms with E-state index in [9.17, 15) is 14.4 Å². The van der Waals surface area contributed by atoms with Crippen molar-refractivity contribution in [1.29, 1.82) is 0 Å². The molecule has 7 nitrogen and oxygen atoms in total. The predicted molar refractivity (Wildman–Crippen MR) is 121 cm³/mol. The van der Waals surface area contributed by atoms with Crippen LogP contribution < -0.4 is 5.32 Å². The van der Waals surface area contributed by atoms with E-state index in [1.54, 1.807) is 30.6 Å². The average Bonchev–Trinajstić information content (AvgIpc) is 3.35. The van der Waals surface area contributed by atoms with Crippen molar-refractivity contribution in [2.45, 2.75) is 19.4 Å². The fraction of sp³-hybridized carbons (Fsp3) is 0.250. The summed E-state index contributed by atoms with van der Waals surface area (Å²) in [5.74, 6) is -1.02. The summed E-state index contributed by atoms with van der Waals surface area (Å²) in [6, 6.07) is 14.7. The van der Waals surface area contributed by atoms with Crippen LogP contribution in [0.25, 0.3) is 0 Å². The lowest BCUT2D eigenvalue weighted by atomic mass is 10.1. The minimum atomic E-state index is -0.374. The van der Waals surface area contributed by atoms with Gasteiger partial charge in [-0.25, -0.2) is 4.98 Å². The van der Waals surface area contributed by atoms with Crippen molar-refractivity contribution in [3.8, 4) is 0 Å². The third kappa shape index (κ3) is 4.76. The predicted octanol–water partition coefficient (Wildman–Crippen LogP) is 3.30. The first-order valence-electron chi connectivity index (χ1n) is 10.3. The van der Waals surface area contributed by atoms with Crippen LogP contribution in [0.15, 0.2) is 53.9 Å². The molecule has 0 bridgehead atoms. The molecule has 3 aromatic rings. The number of rotatable bonds is 9. The van der Waals surface area contributed by atoms with E-state index in [-0.39, 0.29) is 36.4 Å². The number of benzene rings is 2. The van der Waals surface area contributed by atoms with Gasteiger partial charge in [0.15, 0.2) is 0 Å². The maximum absolute atomic E-state index is 12.6. The van der Waals surface area contributed by atoms with E-state index in [2.05, 4.69) is 22.4 Å². The molecule has 8 heteroatoms. The van der Waals surface area contributed by atoms with Gasteiger partial charge in [0, 0.05) is 37.6 Å². The number of fused-ring (bicyclic) bond motifs is 1. The Morgan fingerprint density at radius 1 is 1.09 bits per heavy atom. The van der Waals surface area contributed by atoms with Gasteiger partial charge in [0.25, 0.3) is 17.7 Å². The summed E-state index contributed by atoms with van der Waals surface area (Å²) < 4.78 is 4.99. The fourth-order valence-electron chi connectivity index (χ4n) is 3.56. The smallest absolute Gasteiger partial charge is 0.261 e. The molecule has 0 atom stereocenters. The first kappa shape index (κ1) is 21.9. The number of hydrogen-bond donors (Lipinski definition) is 1. The van der Waals surface area contributed by atoms with Crippen LogP contribution in [0.4, 0.5) is 0 Å². The molecule has 0 saturated carbocycles. The number of imide groups is 1. The summed E-state index contributed by atoms with van der Waals surface area (Å²) >= 11 is 1.56. The van der Waals surface area contributed by atoms with Crippen LogP contribution in [-0.2, 0) is 17.7 Å². The monoisotopic (exact) mass is 449 g/mol. The third-order valence-corrected chi connectivity index (χ3v) is 6.09. The number of aromatic nitrogens is 1. The van der Waals surface area contributed by atoms with Gasteiger partial charge in [-0.3, -0.25) is 19.3 Å². The molecule has 0 saturated heterocycles. The van der Waals surface area contributed by atoms with Crippen LogP contribution in [-0.4, -0.2) is 47.9 Å². The number of ether oxygens (including phenoxy) is 1. The first-order valence-corrected chi connectivity index (χ1v) is 11.2. The minimum Gasteiger partial charge on any atom is -0.385 e. The highest BCUT2D eigenvalue weighted by atomic mass is 32.1. The summed E-state index contributed by atoms with van der Waals surface area (Å²) in [6.45, 7) is 1.04. The summed E-state index contributed by atoms with van der Waals surface area (Å²) in [4.78, 5) is 43.5. The van der Waals surface area contributed by atoms with Crippen molar-refractivity contribution < 1.29 is 19.1 Å². The zero-order valence-electron chi connectivity index (χ0n) is 17.7. The quantitative estimate of drug-likeness (QED) is 0.400. The number of hydrogen-bond acceptors (Lipinski definition) is 6. The third-order valence-electron chi connectivity index (χ3n) is 5.19. The summed E-state index contributed by atoms with van der Waals surface area (Å²) in [5.41, 5.74) is 2.90. The number of nitrogens with zero attached hydrogens (tertiary/aromatic N) is 2. The highest BCUT2D eigenvalue weighted by Crippen LogP contribution is 2.24. The van der Waals surface area contributed by atoms with Crippen molar-refractivity contribution in [2.75, 3.05) is 20.3 Å². The van der Waals surface area contributed by atoms with Crippen molar-refractivity contribution in [1.82, 2.24) is 15.2 Å². The molecule has 0 unspecified atom stereocenters. The summed E-state index contributed by atoms with van der Waals surface area (Å²) in [5, 5.41) is 5.76. The van der Waals surface area contributed by atoms with Crippen molar-refractivity contribution in [2.24, 2.45) is 0 Å². The Hall–Kier alpha value is -3.36. The lowest BCUT2D eigenvalue weighted by Gasteiger charge is -2.12. The lowest BCUT2D eigenvalue weighted by Crippen LogP contribution is -2.31. The number of nitrogens with one attached hydrogen (secondary N) is 1. The van der Waals surface area contributed by atoms with Crippen LogP contribution in [0.2, 0.25) is 0 Å². The molecule has 2 heterocycles. The molecular weight excluding hydrogens is 426 g/mol. The van der Waals surface area contributed by atoms with Crippen LogP contribution in [0.3, 0.4) is 0 Å². The second-order valence-electron chi connectivity index (χ2n) is 7.45. The summed E-state index contributed by atoms with van der Waals surface area (Å²) in [7, 11) is 1.57. The zero-order valence-corrected chi connectivity index (χ0v) is 18.5. The maximum atomic E-state index is 12.6. The molecule has 3 amide bonds. The Morgan fingerprint density at radius 2 is 1.88 bits per heavy atom. The van der Waals surface area contributed by atoms with Gasteiger partial charge in [-0.1, -0.05) is 30.3 Å². The standard InChI is InChI=1S/C24H23N3O4S/c1-31-11-5-10-27-23(29)19-9-8-17(13-20(19)24(27)30)22(28)25-14-18-15-32-21(26-18)12-16-6-3-2-4-7-16/h2-4,6-9,13,15H,5,10-12,14H2,1H3,(H,25,28). The van der Waals surface area contributed by atoms with E-state index in [1.165, 1.54) is 16.5 Å². The Balaban J connectivity index is 1.37. The lowest BCUT2D eigenvalue weighted by molar-refractivity contribution is 0.0638. The molecule has 2 aromatic carbocycles. The number of carbonyl (C=O) groups is 3. The van der Waals surface area contributed by atoms with Gasteiger partial charge in [-0.15, -0.1) is 11.3 Å². The Kier molecular flexibility index (Phi) is 6.72. The topological polar surface area (TPSA) is 88.6 Å². The van der Waals surface area contributed by atoms with E-state index in [0.29, 0.717) is 24.2 Å². The Bertz CT molecular complexity index is 1140. The molecule has 4 rings (SSSR count). The van der Waals surface area contributed by atoms with E-state index < -0.39 is 0 Å². The van der Waals surface area contributed by atoms with E-state index in [1.807, 2.05) is 23.6 Å². The number of amides is 3. The second kappa shape index (κ2) is 9.84. The van der Waals surface area contributed by atoms with Gasteiger partial charge in [0.05, 0.1) is 28.4 Å². The minimum absolute atomic E-state index is 0.263. The molecule has 32 heavy (non-hydrogen) atoms. The molecule has 0 radical (unpaired) electrons. The molecule has 1 N–H and O–H groups in total. The highest BCUT2D eigenvalue weighted by molar-refractivity contribution is 7.09. The Morgan fingerprint density at radius 3 is 2.66 bits per heavy atom. The molecular formula is C24H23N3O4S. The molecule has 0 aliphatic carbocycles. The highest BCUT2D eigenvalue weighted by Gasteiger charge is 2.35. The average molecular weight is 450 g/mol. The number of thiazole rings is 1. The SMILES string of the molecule is COCCCN1C(=O)c2ccc(C(=O)NCc3csc(Cc4ccccc4)n3)cc2C1=O. The zero-order chi connectivity index (χ0) is 22.5. The van der Waals surface area contributed by atoms with Crippen molar-refractivity contribution in [3.05, 3.63) is 86.9 Å². The first-order chi connectivity index (χ1) is 15.6. The molecule has 1 aliphatic rings. The van der Waals surface area contributed by atoms with Gasteiger partial charge in [-0.05, 0) is 30.2 Å². The molecule has 0 spiro atoms. The molecule has 0 fully saturated rings. The van der Waals surface area contributed by atoms with Crippen LogP contribution >= 0.6 is 11.3 Å². The van der Waals surface area contributed by atoms with E-state index in [4.69, 9.17) is 4.74 Å². The van der Waals surface area contributed by atoms with Crippen LogP contribution in [0, 0.1) is 0 Å². The summed E-state index contributed by atoms with van der Waals surface area (Å²) in [6.07, 6.45) is 1.32. The van der Waals surface area contributed by atoms with Gasteiger partial charge in [-0.2, -0.15) is 0 Å². The van der Waals surface area contributed by atoms with Crippen LogP contribution in [0.1, 0.15) is 53.8 Å². The maximum Gasteiger partial charge on any atom is 0.261 e. The van der Waals surface area contributed by atoms with E-state index in [0.717, 1.165) is 17.1 Å². The normalized spacial score (nSPS) is 12.8. The van der Waals surface area contributed by atoms with Gasteiger partial charge < -0.3 is 10.1 Å². The molecule has 1 aliphatic heterocycles. The van der Waals surface area contributed by atoms with Crippen LogP contribution in [0.5, 0.6) is 0 Å². The molecule has 164 valence electrons. The van der Waals surface area contributed by atoms with Gasteiger partial charge in [0.2, 0.25) is 0 Å². The Labute approximate surface area is 190 Å². The second-order valence-corrected chi connectivity index (χ2v) is 8.39. The molecule has 1 aromatic heterocycles. The van der Waals surface area contributed by atoms with Crippen molar-refractivity contribution >= 4 is 29.1 Å². The number of methoxy groups -OCH3 is 1. The van der Waals surface area contributed by atoms with Gasteiger partial charge >= 0.3 is 0 Å². The van der Waals surface area contributed by atoms with E-state index >= 15 is 0 Å². The fourth-order valence-corrected chi connectivity index (χ4v) is 4.38.